The standard InChI is InChI=1S/C19H33NO5/c1-3-4-5-6-7-8-9-10-16-18(20-13-17(21)22)19(15(2)14-23-16)24-11-12-25-19/h9-10,15-16,18,20H,3-8,11-14H2,1-2H3,(H,21,22)/t15-,16-,18-/m0/s1. The lowest BCUT2D eigenvalue weighted by atomic mass is 9.86. The Hall–Kier alpha value is -0.950. The van der Waals surface area contributed by atoms with Crippen LogP contribution in [-0.2, 0) is 19.0 Å². The highest BCUT2D eigenvalue weighted by Gasteiger charge is 2.54. The average molecular weight is 355 g/mol. The fourth-order valence-electron chi connectivity index (χ4n) is 3.63. The first-order valence-corrected chi connectivity index (χ1v) is 9.61. The third kappa shape index (κ3) is 5.51. The molecule has 0 amide bonds. The Kier molecular flexibility index (Phi) is 8.36. The van der Waals surface area contributed by atoms with Gasteiger partial charge >= 0.3 is 5.97 Å². The van der Waals surface area contributed by atoms with Crippen molar-refractivity contribution in [1.29, 1.82) is 0 Å². The van der Waals surface area contributed by atoms with E-state index in [0.29, 0.717) is 19.8 Å². The van der Waals surface area contributed by atoms with Crippen molar-refractivity contribution < 1.29 is 24.1 Å². The van der Waals surface area contributed by atoms with Gasteiger partial charge in [-0.2, -0.15) is 0 Å². The maximum atomic E-state index is 11.0. The molecule has 0 bridgehead atoms. The minimum atomic E-state index is -0.898. The molecule has 25 heavy (non-hydrogen) atoms. The summed E-state index contributed by atoms with van der Waals surface area (Å²) in [6, 6.07) is -0.328. The normalized spacial score (nSPS) is 28.8. The molecule has 2 heterocycles. The first kappa shape index (κ1) is 20.4. The molecule has 3 atom stereocenters. The van der Waals surface area contributed by atoms with Gasteiger partial charge in [0.05, 0.1) is 38.5 Å². The molecule has 6 nitrogen and oxygen atoms in total. The van der Waals surface area contributed by atoms with Gasteiger partial charge in [-0.15, -0.1) is 0 Å². The van der Waals surface area contributed by atoms with Crippen molar-refractivity contribution in [2.75, 3.05) is 26.4 Å². The maximum Gasteiger partial charge on any atom is 0.317 e. The second-order valence-corrected chi connectivity index (χ2v) is 7.00. The van der Waals surface area contributed by atoms with Gasteiger partial charge in [0.2, 0.25) is 0 Å². The van der Waals surface area contributed by atoms with E-state index in [0.717, 1.165) is 6.42 Å². The molecule has 1 spiro atoms. The fourth-order valence-corrected chi connectivity index (χ4v) is 3.63. The van der Waals surface area contributed by atoms with E-state index in [1.165, 1.54) is 32.1 Å². The van der Waals surface area contributed by atoms with E-state index in [4.69, 9.17) is 19.3 Å². The summed E-state index contributed by atoms with van der Waals surface area (Å²) in [5.74, 6) is -1.66. The Bertz CT molecular complexity index is 434. The summed E-state index contributed by atoms with van der Waals surface area (Å²) in [6.45, 7) is 5.70. The quantitative estimate of drug-likeness (QED) is 0.463. The van der Waals surface area contributed by atoms with E-state index in [2.05, 4.69) is 18.3 Å². The van der Waals surface area contributed by atoms with E-state index < -0.39 is 11.8 Å². The predicted octanol–water partition coefficient (Wildman–Crippen LogP) is 2.72. The van der Waals surface area contributed by atoms with Gasteiger partial charge in [0.1, 0.15) is 0 Å². The first-order chi connectivity index (χ1) is 12.1. The number of hydrogen-bond acceptors (Lipinski definition) is 5. The summed E-state index contributed by atoms with van der Waals surface area (Å²) >= 11 is 0. The topological polar surface area (TPSA) is 77.0 Å². The van der Waals surface area contributed by atoms with Gasteiger partial charge < -0.3 is 19.3 Å². The number of carbonyl (C=O) groups is 1. The van der Waals surface area contributed by atoms with Crippen LogP contribution in [0.25, 0.3) is 0 Å². The second-order valence-electron chi connectivity index (χ2n) is 7.00. The van der Waals surface area contributed by atoms with Crippen LogP contribution in [0.15, 0.2) is 12.2 Å². The zero-order valence-electron chi connectivity index (χ0n) is 15.5. The van der Waals surface area contributed by atoms with Crippen LogP contribution in [-0.4, -0.2) is 55.4 Å². The fraction of sp³-hybridized carbons (Fsp3) is 0.842. The molecule has 2 aliphatic heterocycles. The Balaban J connectivity index is 1.95. The van der Waals surface area contributed by atoms with Crippen molar-refractivity contribution >= 4 is 5.97 Å². The smallest absolute Gasteiger partial charge is 0.317 e. The second kappa shape index (κ2) is 10.3. The van der Waals surface area contributed by atoms with E-state index in [1.807, 2.05) is 13.0 Å². The average Bonchev–Trinajstić information content (AvgIpc) is 3.07. The molecule has 0 unspecified atom stereocenters. The molecule has 0 aromatic carbocycles. The van der Waals surface area contributed by atoms with Crippen molar-refractivity contribution in [3.8, 4) is 0 Å². The number of carboxylic acid groups (broad SMARTS) is 1. The highest BCUT2D eigenvalue weighted by molar-refractivity contribution is 5.69. The highest BCUT2D eigenvalue weighted by Crippen LogP contribution is 2.38. The lowest BCUT2D eigenvalue weighted by Gasteiger charge is -2.47. The number of rotatable bonds is 10. The number of carboxylic acids is 1. The van der Waals surface area contributed by atoms with Gasteiger partial charge in [-0.3, -0.25) is 10.1 Å². The van der Waals surface area contributed by atoms with Gasteiger partial charge in [-0.05, 0) is 12.8 Å². The van der Waals surface area contributed by atoms with Gasteiger partial charge in [0.25, 0.3) is 0 Å². The lowest BCUT2D eigenvalue weighted by Crippen LogP contribution is -2.65. The van der Waals surface area contributed by atoms with E-state index in [9.17, 15) is 4.79 Å². The van der Waals surface area contributed by atoms with E-state index >= 15 is 0 Å². The molecule has 2 saturated heterocycles. The van der Waals surface area contributed by atoms with E-state index in [1.54, 1.807) is 0 Å². The molecule has 2 fully saturated rings. The van der Waals surface area contributed by atoms with Gasteiger partial charge in [0, 0.05) is 5.92 Å². The Labute approximate surface area is 150 Å². The molecule has 0 aromatic heterocycles. The number of ether oxygens (including phenoxy) is 3. The molecule has 144 valence electrons. The van der Waals surface area contributed by atoms with Crippen LogP contribution in [0.1, 0.15) is 52.4 Å². The van der Waals surface area contributed by atoms with Crippen LogP contribution in [0.4, 0.5) is 0 Å². The maximum absolute atomic E-state index is 11.0. The third-order valence-corrected chi connectivity index (χ3v) is 5.00. The summed E-state index contributed by atoms with van der Waals surface area (Å²) in [6.07, 6.45) is 11.2. The summed E-state index contributed by atoms with van der Waals surface area (Å²) in [5.41, 5.74) is 0. The molecule has 0 aliphatic carbocycles. The monoisotopic (exact) mass is 355 g/mol. The summed E-state index contributed by atoms with van der Waals surface area (Å²) in [4.78, 5) is 11.0. The van der Waals surface area contributed by atoms with Crippen molar-refractivity contribution in [3.05, 3.63) is 12.2 Å². The summed E-state index contributed by atoms with van der Waals surface area (Å²) in [5, 5.41) is 12.1. The molecule has 2 N–H and O–H groups in total. The molecular formula is C19H33NO5. The lowest BCUT2D eigenvalue weighted by molar-refractivity contribution is -0.263. The van der Waals surface area contributed by atoms with Crippen LogP contribution < -0.4 is 5.32 Å². The van der Waals surface area contributed by atoms with Crippen molar-refractivity contribution in [1.82, 2.24) is 5.32 Å². The number of allylic oxidation sites excluding steroid dienone is 1. The van der Waals surface area contributed by atoms with Crippen LogP contribution >= 0.6 is 0 Å². The van der Waals surface area contributed by atoms with Crippen LogP contribution in [0.3, 0.4) is 0 Å². The van der Waals surface area contributed by atoms with E-state index in [-0.39, 0.29) is 24.6 Å². The Morgan fingerprint density at radius 1 is 1.24 bits per heavy atom. The first-order valence-electron chi connectivity index (χ1n) is 9.61. The number of hydrogen-bond donors (Lipinski definition) is 2. The summed E-state index contributed by atoms with van der Waals surface area (Å²) < 4.78 is 17.9. The molecule has 0 radical (unpaired) electrons. The molecule has 2 rings (SSSR count). The minimum absolute atomic E-state index is 0.0417. The summed E-state index contributed by atoms with van der Waals surface area (Å²) in [7, 11) is 0. The highest BCUT2D eigenvalue weighted by atomic mass is 16.7. The number of unbranched alkanes of at least 4 members (excludes halogenated alkanes) is 5. The predicted molar refractivity (Wildman–Crippen MR) is 95.5 cm³/mol. The van der Waals surface area contributed by atoms with Gasteiger partial charge in [0.15, 0.2) is 5.79 Å². The zero-order valence-corrected chi connectivity index (χ0v) is 15.5. The van der Waals surface area contributed by atoms with Crippen molar-refractivity contribution in [3.63, 3.8) is 0 Å². The number of aliphatic carboxylic acids is 1. The van der Waals surface area contributed by atoms with Gasteiger partial charge in [-0.1, -0.05) is 51.7 Å². The molecule has 0 aromatic rings. The molecule has 0 saturated carbocycles. The van der Waals surface area contributed by atoms with Gasteiger partial charge in [-0.25, -0.2) is 0 Å². The van der Waals surface area contributed by atoms with Crippen molar-refractivity contribution in [2.45, 2.75) is 70.3 Å². The van der Waals surface area contributed by atoms with Crippen molar-refractivity contribution in [2.24, 2.45) is 5.92 Å². The SMILES string of the molecule is CCCCCCCC=C[C@@H]1OC[C@H](C)C2(OCCO2)[C@H]1NCC(=O)O. The molecule has 6 heteroatoms. The Morgan fingerprint density at radius 2 is 1.96 bits per heavy atom. The minimum Gasteiger partial charge on any atom is -0.480 e. The molecular weight excluding hydrogens is 322 g/mol. The van der Waals surface area contributed by atoms with Crippen LogP contribution in [0.5, 0.6) is 0 Å². The van der Waals surface area contributed by atoms with Crippen LogP contribution in [0, 0.1) is 5.92 Å². The largest absolute Gasteiger partial charge is 0.480 e. The van der Waals surface area contributed by atoms with Crippen LogP contribution in [0.2, 0.25) is 0 Å². The third-order valence-electron chi connectivity index (χ3n) is 5.00. The zero-order chi connectivity index (χ0) is 18.1. The molecule has 2 aliphatic rings. The number of nitrogens with one attached hydrogen (secondary N) is 1. The Morgan fingerprint density at radius 3 is 2.64 bits per heavy atom.